The van der Waals surface area contributed by atoms with Crippen molar-refractivity contribution in [1.29, 1.82) is 0 Å². The van der Waals surface area contributed by atoms with Gasteiger partial charge in [0, 0.05) is 24.0 Å². The highest BCUT2D eigenvalue weighted by atomic mass is 16.3. The highest BCUT2D eigenvalue weighted by Gasteiger charge is 2.30. The molecule has 5 nitrogen and oxygen atoms in total. The van der Waals surface area contributed by atoms with Crippen molar-refractivity contribution in [2.24, 2.45) is 11.7 Å². The molecule has 1 aliphatic rings. The first-order chi connectivity index (χ1) is 10.9. The van der Waals surface area contributed by atoms with Gasteiger partial charge in [-0.25, -0.2) is 0 Å². The number of carbonyl (C=O) groups is 2. The van der Waals surface area contributed by atoms with Crippen molar-refractivity contribution in [3.8, 4) is 0 Å². The van der Waals surface area contributed by atoms with Gasteiger partial charge < -0.3 is 15.1 Å². The van der Waals surface area contributed by atoms with Gasteiger partial charge in [0.1, 0.15) is 5.58 Å². The molecule has 23 heavy (non-hydrogen) atoms. The van der Waals surface area contributed by atoms with E-state index in [4.69, 9.17) is 10.2 Å². The Labute approximate surface area is 135 Å². The highest BCUT2D eigenvalue weighted by molar-refractivity contribution is 6.00. The summed E-state index contributed by atoms with van der Waals surface area (Å²) >= 11 is 0. The molecule has 1 aromatic heterocycles. The van der Waals surface area contributed by atoms with Crippen molar-refractivity contribution in [3.05, 3.63) is 34.6 Å². The Balaban J connectivity index is 1.96. The van der Waals surface area contributed by atoms with Gasteiger partial charge in [-0.05, 0) is 44.7 Å². The third-order valence-corrected chi connectivity index (χ3v) is 4.93. The molecule has 0 radical (unpaired) electrons. The molecule has 1 fully saturated rings. The molecule has 1 atom stereocenters. The van der Waals surface area contributed by atoms with Crippen LogP contribution in [0.2, 0.25) is 0 Å². The molecule has 1 aromatic carbocycles. The third kappa shape index (κ3) is 2.60. The van der Waals surface area contributed by atoms with E-state index in [9.17, 15) is 9.59 Å². The van der Waals surface area contributed by atoms with Gasteiger partial charge in [0.05, 0.1) is 5.92 Å². The highest BCUT2D eigenvalue weighted by Crippen LogP contribution is 2.31. The predicted octanol–water partition coefficient (Wildman–Crippen LogP) is 2.70. The van der Waals surface area contributed by atoms with E-state index in [0.29, 0.717) is 18.8 Å². The molecule has 2 aromatic rings. The van der Waals surface area contributed by atoms with Crippen LogP contribution in [-0.4, -0.2) is 29.8 Å². The van der Waals surface area contributed by atoms with Crippen LogP contribution in [0.15, 0.2) is 16.5 Å². The van der Waals surface area contributed by atoms with Gasteiger partial charge in [0.2, 0.25) is 5.91 Å². The lowest BCUT2D eigenvalue weighted by Crippen LogP contribution is -2.44. The number of hydrogen-bond donors (Lipinski definition) is 1. The summed E-state index contributed by atoms with van der Waals surface area (Å²) in [4.78, 5) is 25.9. The van der Waals surface area contributed by atoms with Crippen LogP contribution >= 0.6 is 0 Å². The Morgan fingerprint density at radius 3 is 2.65 bits per heavy atom. The first kappa shape index (κ1) is 15.6. The SMILES string of the molecule is Cc1ccc2c(C)c(C(=O)N3CCC[C@H](C(N)=O)C3)oc2c1C. The topological polar surface area (TPSA) is 76.5 Å². The third-order valence-electron chi connectivity index (χ3n) is 4.93. The quantitative estimate of drug-likeness (QED) is 0.926. The number of rotatable bonds is 2. The molecule has 0 spiro atoms. The number of piperidine rings is 1. The lowest BCUT2D eigenvalue weighted by molar-refractivity contribution is -0.123. The number of furan rings is 1. The first-order valence-electron chi connectivity index (χ1n) is 7.98. The van der Waals surface area contributed by atoms with Crippen LogP contribution in [-0.2, 0) is 4.79 Å². The fourth-order valence-corrected chi connectivity index (χ4v) is 3.26. The number of hydrogen-bond acceptors (Lipinski definition) is 3. The van der Waals surface area contributed by atoms with Gasteiger partial charge >= 0.3 is 0 Å². The van der Waals surface area contributed by atoms with Crippen molar-refractivity contribution in [2.75, 3.05) is 13.1 Å². The fourth-order valence-electron chi connectivity index (χ4n) is 3.26. The van der Waals surface area contributed by atoms with Gasteiger partial charge in [-0.15, -0.1) is 0 Å². The Bertz CT molecular complexity index is 791. The minimum atomic E-state index is -0.338. The van der Waals surface area contributed by atoms with Crippen LogP contribution in [0, 0.1) is 26.7 Å². The van der Waals surface area contributed by atoms with Crippen LogP contribution in [0.1, 0.15) is 40.1 Å². The molecule has 3 rings (SSSR count). The lowest BCUT2D eigenvalue weighted by atomic mass is 9.97. The molecule has 122 valence electrons. The largest absolute Gasteiger partial charge is 0.450 e. The average Bonchev–Trinajstić information content (AvgIpc) is 2.88. The molecule has 0 saturated carbocycles. The molecular formula is C18H22N2O3. The summed E-state index contributed by atoms with van der Waals surface area (Å²) in [6, 6.07) is 4.04. The number of aryl methyl sites for hydroxylation is 3. The normalized spacial score (nSPS) is 18.4. The molecule has 2 heterocycles. The van der Waals surface area contributed by atoms with Crippen molar-refractivity contribution in [2.45, 2.75) is 33.6 Å². The van der Waals surface area contributed by atoms with E-state index in [1.54, 1.807) is 4.90 Å². The van der Waals surface area contributed by atoms with Crippen molar-refractivity contribution in [3.63, 3.8) is 0 Å². The van der Waals surface area contributed by atoms with E-state index >= 15 is 0 Å². The van der Waals surface area contributed by atoms with Gasteiger partial charge in [0.25, 0.3) is 5.91 Å². The summed E-state index contributed by atoms with van der Waals surface area (Å²) < 4.78 is 5.91. The van der Waals surface area contributed by atoms with Crippen molar-refractivity contribution >= 4 is 22.8 Å². The monoisotopic (exact) mass is 314 g/mol. The van der Waals surface area contributed by atoms with Gasteiger partial charge in [-0.1, -0.05) is 12.1 Å². The molecule has 1 saturated heterocycles. The number of likely N-dealkylation sites (tertiary alicyclic amines) is 1. The minimum absolute atomic E-state index is 0.151. The predicted molar refractivity (Wildman–Crippen MR) is 88.2 cm³/mol. The van der Waals surface area contributed by atoms with E-state index < -0.39 is 0 Å². The zero-order valence-corrected chi connectivity index (χ0v) is 13.8. The molecule has 0 bridgehead atoms. The van der Waals surface area contributed by atoms with Crippen LogP contribution in [0.25, 0.3) is 11.0 Å². The maximum atomic E-state index is 12.8. The molecule has 0 aliphatic carbocycles. The Morgan fingerprint density at radius 1 is 1.22 bits per heavy atom. The smallest absolute Gasteiger partial charge is 0.289 e. The van der Waals surface area contributed by atoms with Crippen LogP contribution in [0.5, 0.6) is 0 Å². The summed E-state index contributed by atoms with van der Waals surface area (Å²) in [6.07, 6.45) is 1.54. The summed E-state index contributed by atoms with van der Waals surface area (Å²) in [5.74, 6) is -0.378. The minimum Gasteiger partial charge on any atom is -0.450 e. The zero-order valence-electron chi connectivity index (χ0n) is 13.8. The van der Waals surface area contributed by atoms with Gasteiger partial charge in [-0.3, -0.25) is 9.59 Å². The van der Waals surface area contributed by atoms with Crippen LogP contribution in [0.3, 0.4) is 0 Å². The molecule has 1 aliphatic heterocycles. The number of benzene rings is 1. The van der Waals surface area contributed by atoms with E-state index in [1.807, 2.05) is 32.9 Å². The summed E-state index contributed by atoms with van der Waals surface area (Å²) in [5.41, 5.74) is 9.21. The maximum absolute atomic E-state index is 12.8. The Kier molecular flexibility index (Phi) is 3.88. The number of nitrogens with two attached hydrogens (primary N) is 1. The molecule has 2 N–H and O–H groups in total. The van der Waals surface area contributed by atoms with Crippen molar-refractivity contribution in [1.82, 2.24) is 4.90 Å². The second-order valence-corrected chi connectivity index (χ2v) is 6.43. The summed E-state index contributed by atoms with van der Waals surface area (Å²) in [6.45, 7) is 6.94. The number of primary amides is 1. The molecular weight excluding hydrogens is 292 g/mol. The Hall–Kier alpha value is -2.30. The average molecular weight is 314 g/mol. The standard InChI is InChI=1S/C18H22N2O3/c1-10-6-7-14-12(3)16(23-15(14)11(10)2)18(22)20-8-4-5-13(9-20)17(19)21/h6-7,13H,4-5,8-9H2,1-3H3,(H2,19,21)/t13-/m0/s1. The molecule has 0 unspecified atom stereocenters. The molecule has 5 heteroatoms. The second kappa shape index (κ2) is 5.72. The first-order valence-corrected chi connectivity index (χ1v) is 7.98. The molecule has 2 amide bonds. The van der Waals surface area contributed by atoms with E-state index in [0.717, 1.165) is 40.5 Å². The van der Waals surface area contributed by atoms with E-state index in [2.05, 4.69) is 0 Å². The number of amides is 2. The summed E-state index contributed by atoms with van der Waals surface area (Å²) in [5, 5.41) is 0.972. The van der Waals surface area contributed by atoms with Crippen molar-refractivity contribution < 1.29 is 14.0 Å². The van der Waals surface area contributed by atoms with E-state index in [-0.39, 0.29) is 17.7 Å². The van der Waals surface area contributed by atoms with Gasteiger partial charge in [-0.2, -0.15) is 0 Å². The Morgan fingerprint density at radius 2 is 1.96 bits per heavy atom. The summed E-state index contributed by atoms with van der Waals surface area (Å²) in [7, 11) is 0. The second-order valence-electron chi connectivity index (χ2n) is 6.43. The number of carbonyl (C=O) groups excluding carboxylic acids is 2. The number of nitrogens with zero attached hydrogens (tertiary/aromatic N) is 1. The maximum Gasteiger partial charge on any atom is 0.289 e. The van der Waals surface area contributed by atoms with E-state index in [1.165, 1.54) is 0 Å². The lowest BCUT2D eigenvalue weighted by Gasteiger charge is -2.30. The van der Waals surface area contributed by atoms with Crippen LogP contribution in [0.4, 0.5) is 0 Å². The van der Waals surface area contributed by atoms with Gasteiger partial charge in [0.15, 0.2) is 5.76 Å². The number of fused-ring (bicyclic) bond motifs is 1. The zero-order chi connectivity index (χ0) is 16.7. The van der Waals surface area contributed by atoms with Crippen LogP contribution < -0.4 is 5.73 Å². The fraction of sp³-hybridized carbons (Fsp3) is 0.444.